The minimum Gasteiger partial charge on any atom is -0.496 e. The lowest BCUT2D eigenvalue weighted by Gasteiger charge is -2.10. The number of aromatic nitrogens is 1. The molecule has 136 valence electrons. The number of carbonyl (C=O) groups is 1. The summed E-state index contributed by atoms with van der Waals surface area (Å²) < 4.78 is 10.9. The van der Waals surface area contributed by atoms with Gasteiger partial charge in [-0.15, -0.1) is 0 Å². The summed E-state index contributed by atoms with van der Waals surface area (Å²) in [6.45, 7) is 0.355. The molecule has 0 saturated carbocycles. The van der Waals surface area contributed by atoms with E-state index in [0.29, 0.717) is 12.3 Å². The third-order valence-corrected chi connectivity index (χ3v) is 4.52. The van der Waals surface area contributed by atoms with E-state index in [2.05, 4.69) is 16.4 Å². The highest BCUT2D eigenvalue weighted by molar-refractivity contribution is 6.07. The van der Waals surface area contributed by atoms with Crippen LogP contribution in [-0.2, 0) is 11.3 Å². The van der Waals surface area contributed by atoms with Gasteiger partial charge in [-0.1, -0.05) is 36.4 Å². The maximum Gasteiger partial charge on any atom is 0.258 e. The highest BCUT2D eigenvalue weighted by Gasteiger charge is 2.08. The molecule has 4 rings (SSSR count). The summed E-state index contributed by atoms with van der Waals surface area (Å²) in [6, 6.07) is 21.6. The predicted molar refractivity (Wildman–Crippen MR) is 106 cm³/mol. The number of ether oxygens (including phenoxy) is 2. The van der Waals surface area contributed by atoms with Crippen molar-refractivity contribution in [3.8, 4) is 11.5 Å². The van der Waals surface area contributed by atoms with Crippen LogP contribution in [0.25, 0.3) is 21.8 Å². The van der Waals surface area contributed by atoms with E-state index in [-0.39, 0.29) is 12.5 Å². The fourth-order valence-corrected chi connectivity index (χ4v) is 3.17. The van der Waals surface area contributed by atoms with Crippen LogP contribution in [0.4, 0.5) is 0 Å². The molecule has 0 bridgehead atoms. The number of fused-ring (bicyclic) bond motifs is 3. The van der Waals surface area contributed by atoms with Gasteiger partial charge in [0.15, 0.2) is 6.61 Å². The summed E-state index contributed by atoms with van der Waals surface area (Å²) in [6.07, 6.45) is 0. The van der Waals surface area contributed by atoms with E-state index in [9.17, 15) is 4.79 Å². The van der Waals surface area contributed by atoms with Crippen LogP contribution in [0.5, 0.6) is 11.5 Å². The topological polar surface area (TPSA) is 63.4 Å². The Balaban J connectivity index is 1.39. The van der Waals surface area contributed by atoms with E-state index in [4.69, 9.17) is 9.47 Å². The zero-order valence-electron chi connectivity index (χ0n) is 15.0. The zero-order chi connectivity index (χ0) is 18.6. The van der Waals surface area contributed by atoms with Crippen LogP contribution in [0.15, 0.2) is 66.7 Å². The van der Waals surface area contributed by atoms with Crippen LogP contribution in [-0.4, -0.2) is 24.6 Å². The minimum atomic E-state index is -0.183. The first kappa shape index (κ1) is 17.0. The maximum absolute atomic E-state index is 12.1. The van der Waals surface area contributed by atoms with Crippen LogP contribution >= 0.6 is 0 Å². The summed E-state index contributed by atoms with van der Waals surface area (Å²) in [5, 5.41) is 5.16. The fraction of sp³-hybridized carbons (Fsp3) is 0.136. The quantitative estimate of drug-likeness (QED) is 0.546. The van der Waals surface area contributed by atoms with E-state index in [1.54, 1.807) is 7.11 Å². The normalized spacial score (nSPS) is 10.9. The van der Waals surface area contributed by atoms with Gasteiger partial charge in [0.2, 0.25) is 0 Å². The molecule has 0 fully saturated rings. The first-order valence-corrected chi connectivity index (χ1v) is 8.76. The number of para-hydroxylation sites is 2. The molecule has 2 N–H and O–H groups in total. The molecule has 0 saturated heterocycles. The second-order valence-electron chi connectivity index (χ2n) is 6.26. The molecule has 0 radical (unpaired) electrons. The second-order valence-corrected chi connectivity index (χ2v) is 6.26. The van der Waals surface area contributed by atoms with Crippen LogP contribution in [0.2, 0.25) is 0 Å². The van der Waals surface area contributed by atoms with Crippen molar-refractivity contribution >= 4 is 27.7 Å². The number of benzene rings is 3. The molecule has 0 spiro atoms. The van der Waals surface area contributed by atoms with Gasteiger partial charge < -0.3 is 19.8 Å². The molecule has 0 unspecified atom stereocenters. The van der Waals surface area contributed by atoms with Crippen LogP contribution in [0.3, 0.4) is 0 Å². The maximum atomic E-state index is 12.1. The minimum absolute atomic E-state index is 0.0408. The fourth-order valence-electron chi connectivity index (χ4n) is 3.17. The van der Waals surface area contributed by atoms with Crippen molar-refractivity contribution < 1.29 is 14.3 Å². The summed E-state index contributed by atoms with van der Waals surface area (Å²) in [5.74, 6) is 1.22. The third-order valence-electron chi connectivity index (χ3n) is 4.52. The smallest absolute Gasteiger partial charge is 0.258 e. The second kappa shape index (κ2) is 7.41. The van der Waals surface area contributed by atoms with Crippen molar-refractivity contribution in [2.45, 2.75) is 6.54 Å². The Kier molecular flexibility index (Phi) is 4.66. The molecule has 0 atom stereocenters. The van der Waals surface area contributed by atoms with Crippen molar-refractivity contribution in [2.75, 3.05) is 13.7 Å². The molecular weight excluding hydrogens is 340 g/mol. The van der Waals surface area contributed by atoms with E-state index in [0.717, 1.165) is 27.7 Å². The number of methoxy groups -OCH3 is 1. The van der Waals surface area contributed by atoms with Gasteiger partial charge in [0.1, 0.15) is 11.5 Å². The number of H-pyrrole nitrogens is 1. The van der Waals surface area contributed by atoms with Crippen LogP contribution in [0.1, 0.15) is 5.56 Å². The van der Waals surface area contributed by atoms with Crippen molar-refractivity contribution in [3.05, 3.63) is 72.3 Å². The number of aromatic amines is 1. The molecule has 1 aromatic heterocycles. The Bertz CT molecular complexity index is 1100. The Morgan fingerprint density at radius 1 is 0.963 bits per heavy atom. The van der Waals surface area contributed by atoms with Gasteiger partial charge in [0.25, 0.3) is 5.91 Å². The lowest BCUT2D eigenvalue weighted by molar-refractivity contribution is -0.123. The Hall–Kier alpha value is -3.47. The predicted octanol–water partition coefficient (Wildman–Crippen LogP) is 4.02. The molecule has 0 aliphatic rings. The number of nitrogens with one attached hydrogen (secondary N) is 2. The number of rotatable bonds is 6. The average molecular weight is 360 g/mol. The van der Waals surface area contributed by atoms with E-state index < -0.39 is 0 Å². The Labute approximate surface area is 156 Å². The van der Waals surface area contributed by atoms with Gasteiger partial charge in [0.05, 0.1) is 12.6 Å². The molecule has 3 aromatic carbocycles. The van der Waals surface area contributed by atoms with Gasteiger partial charge >= 0.3 is 0 Å². The summed E-state index contributed by atoms with van der Waals surface area (Å²) in [5.41, 5.74) is 3.00. The number of amides is 1. The summed E-state index contributed by atoms with van der Waals surface area (Å²) >= 11 is 0. The largest absolute Gasteiger partial charge is 0.496 e. The molecule has 1 amide bonds. The molecule has 5 nitrogen and oxygen atoms in total. The molecule has 0 aliphatic heterocycles. The first-order chi connectivity index (χ1) is 13.2. The Morgan fingerprint density at radius 2 is 1.74 bits per heavy atom. The highest BCUT2D eigenvalue weighted by atomic mass is 16.5. The zero-order valence-corrected chi connectivity index (χ0v) is 15.0. The molecule has 0 aliphatic carbocycles. The van der Waals surface area contributed by atoms with E-state index >= 15 is 0 Å². The van der Waals surface area contributed by atoms with Crippen LogP contribution in [0, 0.1) is 0 Å². The standard InChI is InChI=1S/C22H20N2O3/c1-26-21-9-5-2-6-15(21)13-23-22(25)14-27-16-10-11-18-17-7-3-4-8-19(17)24-20(18)12-16/h2-12,24H,13-14H2,1H3,(H,23,25). The first-order valence-electron chi connectivity index (χ1n) is 8.76. The van der Waals surface area contributed by atoms with Crippen molar-refractivity contribution in [1.29, 1.82) is 0 Å². The van der Waals surface area contributed by atoms with E-state index in [1.165, 1.54) is 5.39 Å². The Morgan fingerprint density at radius 3 is 2.63 bits per heavy atom. The number of carbonyl (C=O) groups excluding carboxylic acids is 1. The van der Waals surface area contributed by atoms with Gasteiger partial charge in [-0.05, 0) is 24.3 Å². The highest BCUT2D eigenvalue weighted by Crippen LogP contribution is 2.28. The average Bonchev–Trinajstić information content (AvgIpc) is 3.08. The van der Waals surface area contributed by atoms with Crippen molar-refractivity contribution in [2.24, 2.45) is 0 Å². The summed E-state index contributed by atoms with van der Waals surface area (Å²) in [7, 11) is 1.62. The SMILES string of the molecule is COc1ccccc1CNC(=O)COc1ccc2c(c1)[nH]c1ccccc12. The lowest BCUT2D eigenvalue weighted by atomic mass is 10.1. The van der Waals surface area contributed by atoms with E-state index in [1.807, 2.05) is 60.7 Å². The molecule has 27 heavy (non-hydrogen) atoms. The van der Waals surface area contributed by atoms with Gasteiger partial charge in [-0.2, -0.15) is 0 Å². The van der Waals surface area contributed by atoms with Crippen molar-refractivity contribution in [3.63, 3.8) is 0 Å². The summed E-state index contributed by atoms with van der Waals surface area (Å²) in [4.78, 5) is 15.5. The molecule has 4 aromatic rings. The lowest BCUT2D eigenvalue weighted by Crippen LogP contribution is -2.28. The third kappa shape index (κ3) is 3.58. The monoisotopic (exact) mass is 360 g/mol. The molecule has 1 heterocycles. The number of hydrogen-bond acceptors (Lipinski definition) is 3. The van der Waals surface area contributed by atoms with Crippen LogP contribution < -0.4 is 14.8 Å². The van der Waals surface area contributed by atoms with Crippen molar-refractivity contribution in [1.82, 2.24) is 10.3 Å². The van der Waals surface area contributed by atoms with Gasteiger partial charge in [0, 0.05) is 34.5 Å². The number of hydrogen-bond donors (Lipinski definition) is 2. The molecular formula is C22H20N2O3. The van der Waals surface area contributed by atoms with Gasteiger partial charge in [-0.25, -0.2) is 0 Å². The van der Waals surface area contributed by atoms with Gasteiger partial charge in [-0.3, -0.25) is 4.79 Å². The molecule has 5 heteroatoms.